The number of carbonyl (C=O) groups is 1. The molecule has 1 saturated carbocycles. The Kier molecular flexibility index (Phi) is 5.76. The summed E-state index contributed by atoms with van der Waals surface area (Å²) in [6.07, 6.45) is 7.09. The summed E-state index contributed by atoms with van der Waals surface area (Å²) in [6, 6.07) is 7.00. The van der Waals surface area contributed by atoms with Gasteiger partial charge in [0.25, 0.3) is 0 Å². The van der Waals surface area contributed by atoms with E-state index in [-0.39, 0.29) is 12.0 Å². The summed E-state index contributed by atoms with van der Waals surface area (Å²) in [7, 11) is 0. The predicted molar refractivity (Wildman–Crippen MR) is 82.3 cm³/mol. The summed E-state index contributed by atoms with van der Waals surface area (Å²) in [5.74, 6) is -0.890. The quantitative estimate of drug-likeness (QED) is 0.722. The van der Waals surface area contributed by atoms with Crippen LogP contribution in [0.25, 0.3) is 0 Å². The van der Waals surface area contributed by atoms with Gasteiger partial charge in [-0.1, -0.05) is 31.4 Å². The zero-order valence-corrected chi connectivity index (χ0v) is 12.5. The van der Waals surface area contributed by atoms with Crippen molar-refractivity contribution in [2.45, 2.75) is 45.1 Å². The number of hydrogen-bond donors (Lipinski definition) is 3. The molecule has 0 atom stereocenters. The van der Waals surface area contributed by atoms with Crippen molar-refractivity contribution in [3.8, 4) is 0 Å². The molecule has 2 rings (SSSR count). The van der Waals surface area contributed by atoms with Crippen LogP contribution in [0.5, 0.6) is 0 Å². The van der Waals surface area contributed by atoms with Crippen molar-refractivity contribution in [2.75, 3.05) is 13.2 Å². The van der Waals surface area contributed by atoms with Crippen LogP contribution in [0.2, 0.25) is 0 Å². The molecule has 21 heavy (non-hydrogen) atoms. The van der Waals surface area contributed by atoms with Gasteiger partial charge in [-0.05, 0) is 42.4 Å². The van der Waals surface area contributed by atoms with Gasteiger partial charge in [0.05, 0.1) is 5.56 Å². The van der Waals surface area contributed by atoms with E-state index in [4.69, 9.17) is 5.11 Å². The summed E-state index contributed by atoms with van der Waals surface area (Å²) >= 11 is 0. The third-order valence-corrected chi connectivity index (χ3v) is 4.59. The Hall–Kier alpha value is -1.39. The fourth-order valence-electron chi connectivity index (χ4n) is 3.29. The average molecular weight is 291 g/mol. The molecule has 0 bridgehead atoms. The molecule has 0 radical (unpaired) electrons. The van der Waals surface area contributed by atoms with Gasteiger partial charge in [0.2, 0.25) is 0 Å². The molecule has 1 aliphatic carbocycles. The lowest BCUT2D eigenvalue weighted by Crippen LogP contribution is -2.36. The molecule has 0 aliphatic heterocycles. The van der Waals surface area contributed by atoms with E-state index in [1.54, 1.807) is 12.1 Å². The monoisotopic (exact) mass is 291 g/mol. The molecule has 0 heterocycles. The van der Waals surface area contributed by atoms with Gasteiger partial charge in [0, 0.05) is 19.7 Å². The second-order valence-electron chi connectivity index (χ2n) is 6.14. The molecule has 0 spiro atoms. The molecule has 1 fully saturated rings. The Labute approximate surface area is 126 Å². The van der Waals surface area contributed by atoms with E-state index < -0.39 is 5.97 Å². The van der Waals surface area contributed by atoms with E-state index in [0.29, 0.717) is 5.56 Å². The van der Waals surface area contributed by atoms with Crippen LogP contribution < -0.4 is 5.32 Å². The van der Waals surface area contributed by atoms with Gasteiger partial charge < -0.3 is 15.5 Å². The minimum absolute atomic E-state index is 0.244. The summed E-state index contributed by atoms with van der Waals surface area (Å²) < 4.78 is 0. The zero-order chi connectivity index (χ0) is 15.1. The number of nitrogens with one attached hydrogen (secondary N) is 1. The van der Waals surface area contributed by atoms with Crippen LogP contribution in [0.1, 0.15) is 54.4 Å². The Bertz CT molecular complexity index is 444. The largest absolute Gasteiger partial charge is 0.478 e. The first-order chi connectivity index (χ1) is 10.2. The number of aliphatic hydroxyl groups is 1. The average Bonchev–Trinajstić information content (AvgIpc) is 2.49. The smallest absolute Gasteiger partial charge is 0.335 e. The zero-order valence-electron chi connectivity index (χ0n) is 12.5. The molecule has 0 amide bonds. The van der Waals surface area contributed by atoms with E-state index in [1.165, 1.54) is 32.1 Å². The van der Waals surface area contributed by atoms with Crippen LogP contribution in [0.3, 0.4) is 0 Å². The summed E-state index contributed by atoms with van der Waals surface area (Å²) in [5, 5.41) is 21.7. The van der Waals surface area contributed by atoms with Gasteiger partial charge in [-0.3, -0.25) is 0 Å². The molecule has 3 N–H and O–H groups in total. The first kappa shape index (κ1) is 16.0. The van der Waals surface area contributed by atoms with Crippen molar-refractivity contribution in [3.63, 3.8) is 0 Å². The van der Waals surface area contributed by atoms with Gasteiger partial charge in [0.1, 0.15) is 0 Å². The summed E-state index contributed by atoms with van der Waals surface area (Å²) in [5.41, 5.74) is 1.66. The first-order valence-corrected chi connectivity index (χ1v) is 7.79. The Morgan fingerprint density at radius 1 is 1.14 bits per heavy atom. The van der Waals surface area contributed by atoms with E-state index in [2.05, 4.69) is 5.32 Å². The number of carboxylic acid groups (broad SMARTS) is 1. The van der Waals surface area contributed by atoms with Gasteiger partial charge in [-0.25, -0.2) is 4.79 Å². The lowest BCUT2D eigenvalue weighted by molar-refractivity contribution is 0.0697. The van der Waals surface area contributed by atoms with Crippen LogP contribution in [0.4, 0.5) is 0 Å². The topological polar surface area (TPSA) is 69.6 Å². The maximum atomic E-state index is 10.8. The molecule has 1 aromatic rings. The highest BCUT2D eigenvalue weighted by molar-refractivity contribution is 5.87. The van der Waals surface area contributed by atoms with Crippen LogP contribution in [-0.4, -0.2) is 29.3 Å². The second-order valence-corrected chi connectivity index (χ2v) is 6.14. The van der Waals surface area contributed by atoms with Crippen molar-refractivity contribution in [3.05, 3.63) is 35.4 Å². The van der Waals surface area contributed by atoms with Crippen LogP contribution in [-0.2, 0) is 6.54 Å². The second kappa shape index (κ2) is 7.57. The van der Waals surface area contributed by atoms with Crippen LogP contribution in [0, 0.1) is 5.41 Å². The number of aromatic carboxylic acids is 1. The summed E-state index contributed by atoms with van der Waals surface area (Å²) in [6.45, 7) is 1.93. The Morgan fingerprint density at radius 3 is 2.38 bits per heavy atom. The molecule has 1 aromatic carbocycles. The third kappa shape index (κ3) is 4.55. The van der Waals surface area contributed by atoms with Crippen molar-refractivity contribution >= 4 is 5.97 Å². The maximum absolute atomic E-state index is 10.8. The number of hydrogen-bond acceptors (Lipinski definition) is 3. The van der Waals surface area contributed by atoms with Crippen LogP contribution in [0.15, 0.2) is 24.3 Å². The molecule has 4 heteroatoms. The predicted octanol–water partition coefficient (Wildman–Crippen LogP) is 2.81. The van der Waals surface area contributed by atoms with E-state index in [1.807, 2.05) is 12.1 Å². The van der Waals surface area contributed by atoms with Gasteiger partial charge in [-0.2, -0.15) is 0 Å². The lowest BCUT2D eigenvalue weighted by Gasteiger charge is -2.37. The number of aliphatic hydroxyl groups excluding tert-OH is 1. The van der Waals surface area contributed by atoms with Crippen molar-refractivity contribution in [2.24, 2.45) is 5.41 Å². The van der Waals surface area contributed by atoms with E-state index in [0.717, 1.165) is 25.1 Å². The fourth-order valence-corrected chi connectivity index (χ4v) is 3.29. The molecule has 0 saturated heterocycles. The minimum Gasteiger partial charge on any atom is -0.478 e. The molecule has 4 nitrogen and oxygen atoms in total. The van der Waals surface area contributed by atoms with E-state index in [9.17, 15) is 9.90 Å². The highest BCUT2D eigenvalue weighted by atomic mass is 16.4. The SMILES string of the molecule is O=C(O)c1ccc(CNCC2(CCO)CCCCC2)cc1. The van der Waals surface area contributed by atoms with Crippen molar-refractivity contribution in [1.29, 1.82) is 0 Å². The standard InChI is InChI=1S/C17H25NO3/c19-11-10-17(8-2-1-3-9-17)13-18-12-14-4-6-15(7-5-14)16(20)21/h4-7,18-19H,1-3,8-13H2,(H,20,21). The van der Waals surface area contributed by atoms with E-state index >= 15 is 0 Å². The van der Waals surface area contributed by atoms with Gasteiger partial charge in [0.15, 0.2) is 0 Å². The molecular weight excluding hydrogens is 266 g/mol. The molecule has 0 unspecified atom stereocenters. The molecule has 0 aromatic heterocycles. The normalized spacial score (nSPS) is 17.6. The minimum atomic E-state index is -0.890. The van der Waals surface area contributed by atoms with Crippen molar-refractivity contribution < 1.29 is 15.0 Å². The lowest BCUT2D eigenvalue weighted by atomic mass is 9.72. The molecule has 116 valence electrons. The van der Waals surface area contributed by atoms with Crippen molar-refractivity contribution in [1.82, 2.24) is 5.32 Å². The number of benzene rings is 1. The van der Waals surface area contributed by atoms with Gasteiger partial charge in [-0.15, -0.1) is 0 Å². The number of rotatable bonds is 7. The highest BCUT2D eigenvalue weighted by Gasteiger charge is 2.30. The Morgan fingerprint density at radius 2 is 1.81 bits per heavy atom. The molecule has 1 aliphatic rings. The maximum Gasteiger partial charge on any atom is 0.335 e. The number of carboxylic acids is 1. The van der Waals surface area contributed by atoms with Crippen LogP contribution >= 0.6 is 0 Å². The van der Waals surface area contributed by atoms with Gasteiger partial charge >= 0.3 is 5.97 Å². The highest BCUT2D eigenvalue weighted by Crippen LogP contribution is 2.38. The third-order valence-electron chi connectivity index (χ3n) is 4.59. The fraction of sp³-hybridized carbons (Fsp3) is 0.588. The Balaban J connectivity index is 1.85. The summed E-state index contributed by atoms with van der Waals surface area (Å²) in [4.78, 5) is 10.8. The first-order valence-electron chi connectivity index (χ1n) is 7.79. The molecular formula is C17H25NO3.